The second kappa shape index (κ2) is 22.5. The standard InChI is InChI=1S/C50H38N4O.C50H39N/c1-3-11-41-37(9-1)39-26-32(17-19-42(39)50(41)34-22-30-21-31(24-34)25-35(50)23-30)33-18-20-44-40(27-33)38-10-2-4-12-43(38)54(44)49-51-28-36(29-52-49)53-45-13-5-7-15-47(45)55-48-16-8-6-14-46(48)53;1-2-11-33(12-3-1)35-23-24-43-42(30-35)48-39(17-9-19-44(48)50(43)36-26-31-25-32(28-36)29-37(50)27-31)40-18-10-22-47-49(40)41-16-6-7-20-46(41)51(47)45-21-8-14-34-13-4-5-15-38(34)45/h1-20,26-31,34-35H,21-25H2;1-24,30-32,36-37H,25-29H2. The molecule has 4 heterocycles. The van der Waals surface area contributed by atoms with Crippen LogP contribution in [0.25, 0.3) is 122 Å². The molecule has 13 aromatic carbocycles. The van der Waals surface area contributed by atoms with E-state index in [9.17, 15) is 0 Å². The van der Waals surface area contributed by atoms with Gasteiger partial charge in [0.1, 0.15) is 0 Å². The molecule has 0 amide bonds. The van der Waals surface area contributed by atoms with Gasteiger partial charge in [-0.25, -0.2) is 9.97 Å². The summed E-state index contributed by atoms with van der Waals surface area (Å²) in [5.74, 6) is 9.01. The first-order valence-corrected chi connectivity index (χ1v) is 39.1. The van der Waals surface area contributed by atoms with Crippen LogP contribution in [-0.4, -0.2) is 19.1 Å². The molecule has 16 aromatic rings. The maximum absolute atomic E-state index is 6.25. The van der Waals surface area contributed by atoms with Crippen molar-refractivity contribution >= 4 is 71.4 Å². The Bertz CT molecular complexity index is 6260. The maximum Gasteiger partial charge on any atom is 0.234 e. The van der Waals surface area contributed by atoms with Gasteiger partial charge in [0.05, 0.1) is 57.2 Å². The first-order chi connectivity index (χ1) is 52.5. The van der Waals surface area contributed by atoms with Gasteiger partial charge in [0.25, 0.3) is 0 Å². The van der Waals surface area contributed by atoms with Crippen LogP contribution in [0.5, 0.6) is 11.5 Å². The molecule has 2 spiro atoms. The molecule has 1 aliphatic heterocycles. The fourth-order valence-electron chi connectivity index (χ4n) is 24.4. The fourth-order valence-corrected chi connectivity index (χ4v) is 24.4. The molecule has 8 saturated carbocycles. The molecule has 6 nitrogen and oxygen atoms in total. The topological polar surface area (TPSA) is 48.1 Å². The van der Waals surface area contributed by atoms with Gasteiger partial charge in [0.2, 0.25) is 5.95 Å². The van der Waals surface area contributed by atoms with Crippen LogP contribution in [0.4, 0.5) is 17.1 Å². The molecule has 27 rings (SSSR count). The smallest absolute Gasteiger partial charge is 0.234 e. The van der Waals surface area contributed by atoms with Crippen LogP contribution in [0.1, 0.15) is 86.5 Å². The summed E-state index contributed by atoms with van der Waals surface area (Å²) < 4.78 is 11.0. The van der Waals surface area contributed by atoms with Gasteiger partial charge >= 0.3 is 0 Å². The molecule has 10 aliphatic carbocycles. The zero-order chi connectivity index (χ0) is 69.1. The van der Waals surface area contributed by atoms with Crippen LogP contribution >= 0.6 is 0 Å². The largest absolute Gasteiger partial charge is 0.453 e. The van der Waals surface area contributed by atoms with E-state index >= 15 is 0 Å². The Kier molecular flexibility index (Phi) is 12.7. The molecule has 0 N–H and O–H groups in total. The van der Waals surface area contributed by atoms with E-state index in [4.69, 9.17) is 14.7 Å². The summed E-state index contributed by atoms with van der Waals surface area (Å²) >= 11 is 0. The Labute approximate surface area is 617 Å². The Morgan fingerprint density at radius 3 is 1.49 bits per heavy atom. The number of rotatable bonds is 6. The Morgan fingerprint density at radius 1 is 0.302 bits per heavy atom. The minimum Gasteiger partial charge on any atom is -0.453 e. The zero-order valence-electron chi connectivity index (χ0n) is 59.1. The minimum atomic E-state index is 0.119. The quantitative estimate of drug-likeness (QED) is 0.166. The van der Waals surface area contributed by atoms with E-state index in [1.54, 1.807) is 22.3 Å². The lowest BCUT2D eigenvalue weighted by atomic mass is 9.43. The molecule has 106 heavy (non-hydrogen) atoms. The Morgan fingerprint density at radius 2 is 0.774 bits per heavy atom. The van der Waals surface area contributed by atoms with Gasteiger partial charge < -0.3 is 14.2 Å². The normalized spacial score (nSPS) is 24.0. The molecule has 508 valence electrons. The third kappa shape index (κ3) is 8.28. The highest BCUT2D eigenvalue weighted by Crippen LogP contribution is 2.72. The summed E-state index contributed by atoms with van der Waals surface area (Å²) in [6, 6.07) is 106. The zero-order valence-corrected chi connectivity index (χ0v) is 59.1. The van der Waals surface area contributed by atoms with Crippen molar-refractivity contribution in [1.29, 1.82) is 0 Å². The number of aromatic nitrogens is 4. The number of fused-ring (bicyclic) bond motifs is 15. The highest BCUT2D eigenvalue weighted by atomic mass is 16.5. The lowest BCUT2D eigenvalue weighted by molar-refractivity contribution is -0.0399. The summed E-state index contributed by atoms with van der Waals surface area (Å²) in [5, 5.41) is 7.61. The summed E-state index contributed by atoms with van der Waals surface area (Å²) in [6.45, 7) is 0. The maximum atomic E-state index is 6.25. The average Bonchev–Trinajstić information content (AvgIpc) is 1.42. The van der Waals surface area contributed by atoms with Gasteiger partial charge in [-0.15, -0.1) is 0 Å². The van der Waals surface area contributed by atoms with E-state index in [-0.39, 0.29) is 10.8 Å². The van der Waals surface area contributed by atoms with Gasteiger partial charge in [0.15, 0.2) is 11.5 Å². The van der Waals surface area contributed by atoms with Crippen LogP contribution in [0.2, 0.25) is 0 Å². The number of benzene rings is 13. The van der Waals surface area contributed by atoms with Crippen LogP contribution < -0.4 is 9.64 Å². The molecule has 6 heteroatoms. The summed E-state index contributed by atoms with van der Waals surface area (Å²) in [4.78, 5) is 12.2. The average molecular weight is 1360 g/mol. The highest BCUT2D eigenvalue weighted by molar-refractivity contribution is 6.18. The summed E-state index contributed by atoms with van der Waals surface area (Å²) in [5.41, 5.74) is 29.3. The lowest BCUT2D eigenvalue weighted by Crippen LogP contribution is -2.55. The second-order valence-corrected chi connectivity index (χ2v) is 32.8. The molecule has 0 unspecified atom stereocenters. The molecule has 11 aliphatic rings. The van der Waals surface area contributed by atoms with Crippen molar-refractivity contribution in [3.8, 4) is 78.8 Å². The highest BCUT2D eigenvalue weighted by Gasteiger charge is 2.63. The summed E-state index contributed by atoms with van der Waals surface area (Å²) in [7, 11) is 0. The van der Waals surface area contributed by atoms with Crippen molar-refractivity contribution in [2.24, 2.45) is 47.3 Å². The number of ether oxygens (including phenoxy) is 1. The predicted octanol–water partition coefficient (Wildman–Crippen LogP) is 25.5. The van der Waals surface area contributed by atoms with E-state index in [1.807, 2.05) is 48.8 Å². The fraction of sp³-hybridized carbons (Fsp3) is 0.200. The van der Waals surface area contributed by atoms with Gasteiger partial charge in [0, 0.05) is 37.8 Å². The number of hydrogen-bond donors (Lipinski definition) is 0. The molecule has 3 aromatic heterocycles. The Hall–Kier alpha value is -11.6. The SMILES string of the molecule is c1ccc(-c2ccc3c(c2)-c2c(-c4cccc5c4c4ccccc4n5-c4cccc5ccccc45)cccc2C32C3CC4CC(C3)CC2C4)cc1.c1ccc2c(c1)Oc1ccccc1N2c1cnc(-n2c3ccccc3c3cc(-c4ccc5c(c4)-c4ccccc4C54C5CC6CC(C5)CC4C6)ccc32)nc1. The van der Waals surface area contributed by atoms with Gasteiger partial charge in [-0.05, 0) is 268 Å². The minimum absolute atomic E-state index is 0.119. The molecule has 0 radical (unpaired) electrons. The number of anilines is 3. The monoisotopic (exact) mass is 1360 g/mol. The van der Waals surface area contributed by atoms with Crippen LogP contribution in [-0.2, 0) is 10.8 Å². The second-order valence-electron chi connectivity index (χ2n) is 32.8. The third-order valence-corrected chi connectivity index (χ3v) is 27.8. The van der Waals surface area contributed by atoms with Crippen molar-refractivity contribution in [2.45, 2.75) is 75.0 Å². The van der Waals surface area contributed by atoms with Crippen LogP contribution in [0.3, 0.4) is 0 Å². The van der Waals surface area contributed by atoms with Crippen LogP contribution in [0, 0.1) is 47.3 Å². The molecular formula is C100H77N5O. The molecular weight excluding hydrogens is 1290 g/mol. The van der Waals surface area contributed by atoms with Crippen LogP contribution in [0.15, 0.2) is 298 Å². The number of hydrogen-bond acceptors (Lipinski definition) is 4. The van der Waals surface area contributed by atoms with Crippen molar-refractivity contribution in [3.63, 3.8) is 0 Å². The molecule has 8 fully saturated rings. The lowest BCUT2D eigenvalue weighted by Gasteiger charge is -2.61. The number of nitrogens with zero attached hydrogens (tertiary/aromatic N) is 5. The van der Waals surface area contributed by atoms with Crippen molar-refractivity contribution in [3.05, 3.63) is 320 Å². The van der Waals surface area contributed by atoms with E-state index in [0.717, 1.165) is 86.9 Å². The van der Waals surface area contributed by atoms with Gasteiger partial charge in [-0.1, -0.05) is 212 Å². The molecule has 0 saturated heterocycles. The van der Waals surface area contributed by atoms with E-state index in [1.165, 1.54) is 169 Å². The van der Waals surface area contributed by atoms with E-state index in [0.29, 0.717) is 5.95 Å². The predicted molar refractivity (Wildman–Crippen MR) is 432 cm³/mol. The first-order valence-electron chi connectivity index (χ1n) is 39.1. The van der Waals surface area contributed by atoms with Crippen molar-refractivity contribution < 1.29 is 4.74 Å². The number of para-hydroxylation sites is 6. The third-order valence-electron chi connectivity index (χ3n) is 27.8. The van der Waals surface area contributed by atoms with E-state index < -0.39 is 0 Å². The molecule has 8 bridgehead atoms. The van der Waals surface area contributed by atoms with E-state index in [2.05, 4.69) is 263 Å². The van der Waals surface area contributed by atoms with Gasteiger partial charge in [-0.3, -0.25) is 4.57 Å². The van der Waals surface area contributed by atoms with Crippen molar-refractivity contribution in [2.75, 3.05) is 4.90 Å². The van der Waals surface area contributed by atoms with Crippen molar-refractivity contribution in [1.82, 2.24) is 19.1 Å². The first kappa shape index (κ1) is 59.7. The Balaban J connectivity index is 0.000000126. The van der Waals surface area contributed by atoms with Gasteiger partial charge in [-0.2, -0.15) is 0 Å². The molecule has 0 atom stereocenters. The summed E-state index contributed by atoms with van der Waals surface area (Å²) in [6.07, 6.45) is 18.0.